The summed E-state index contributed by atoms with van der Waals surface area (Å²) in [6.07, 6.45) is -4.36. The summed E-state index contributed by atoms with van der Waals surface area (Å²) >= 11 is 0. The van der Waals surface area contributed by atoms with Crippen LogP contribution in [0.4, 0.5) is 0 Å². The van der Waals surface area contributed by atoms with Gasteiger partial charge in [-0.15, -0.1) is 0 Å². The molecule has 31 nitrogen and oxygen atoms in total. The third kappa shape index (κ3) is 23.0. The van der Waals surface area contributed by atoms with Gasteiger partial charge in [0, 0.05) is 38.8 Å². The summed E-state index contributed by atoms with van der Waals surface area (Å²) < 4.78 is 0. The highest BCUT2D eigenvalue weighted by Gasteiger charge is 2.40. The van der Waals surface area contributed by atoms with Crippen LogP contribution in [0.15, 0.2) is 59.6 Å². The normalized spacial score (nSPS) is 15.3. The lowest BCUT2D eigenvalue weighted by Crippen LogP contribution is -2.61. The van der Waals surface area contributed by atoms with Crippen LogP contribution in [0.2, 0.25) is 0 Å². The number of hydrogen-bond donors (Lipinski definition) is 16. The number of aliphatic imine (C=N–C) groups is 1. The number of nitrogens with one attached hydrogen (secondary N) is 7. The topological polar surface area (TPSA) is 539 Å². The van der Waals surface area contributed by atoms with Crippen molar-refractivity contribution in [2.24, 2.45) is 39.4 Å². The molecule has 1 fully saturated rings. The Bertz CT molecular complexity index is 2600. The van der Waals surface area contributed by atoms with Crippen molar-refractivity contribution in [3.8, 4) is 5.75 Å². The number of phenols is 1. The zero-order chi connectivity index (χ0) is 59.6. The predicted octanol–water partition coefficient (Wildman–Crippen LogP) is -6.46. The van der Waals surface area contributed by atoms with E-state index < -0.39 is 170 Å². The first-order valence-electron chi connectivity index (χ1n) is 25.1. The van der Waals surface area contributed by atoms with Crippen LogP contribution in [0.25, 0.3) is 0 Å². The van der Waals surface area contributed by atoms with Crippen molar-refractivity contribution < 1.29 is 77.6 Å². The lowest BCUT2D eigenvalue weighted by molar-refractivity contribution is -0.143. The molecule has 0 radical (unpaired) electrons. The van der Waals surface area contributed by atoms with Gasteiger partial charge in [-0.05, 0) is 61.8 Å². The Balaban J connectivity index is 1.94. The minimum Gasteiger partial charge on any atom is -0.508 e. The minimum absolute atomic E-state index is 0.0374. The fraction of sp³-hybridized carbons (Fsp3) is 0.469. The Morgan fingerprint density at radius 2 is 1.09 bits per heavy atom. The standard InChI is InChI=1S/C49H69N15O16/c50-28(22-40(71)72)41(73)61-32(21-26-10-12-27(65)13-11-26)45(77)62-33(20-25-6-2-1-3-7-25)44(76)58-30(14-16-36(51)66)43(75)63-34(23-37(52)67)46(78)60-31(15-17-39(69)70)48(80)64-19-5-9-35(64)47(79)59-29(8-4-18-56-49(54)55)42(74)57-24-38(53)68/h1-3,6-7,10-13,28-35,65H,4-5,8-9,14-24,50H2,(H2,51,66)(H2,52,67)(H2,53,68)(H,57,74)(H,58,76)(H,59,79)(H,60,78)(H,61,73)(H,62,77)(H,63,75)(H,69,70)(H,71,72)(H4,54,55,56)/t28-,29-,30-,31-,32-,33-,34-,35-/m0/s1. The quantitative estimate of drug-likeness (QED) is 0.0176. The number of likely N-dealkylation sites (tertiary alicyclic amines) is 1. The van der Waals surface area contributed by atoms with Gasteiger partial charge in [0.2, 0.25) is 65.0 Å². The van der Waals surface area contributed by atoms with Gasteiger partial charge < -0.3 is 91.8 Å². The Hall–Kier alpha value is -9.42. The molecule has 0 aliphatic carbocycles. The molecule has 0 saturated carbocycles. The third-order valence-corrected chi connectivity index (χ3v) is 12.1. The summed E-state index contributed by atoms with van der Waals surface area (Å²) in [6.45, 7) is -0.614. The number of amides is 11. The van der Waals surface area contributed by atoms with Crippen LogP contribution in [0.3, 0.4) is 0 Å². The highest BCUT2D eigenvalue weighted by atomic mass is 16.4. The summed E-state index contributed by atoms with van der Waals surface area (Å²) in [5.74, 6) is -14.4. The lowest BCUT2D eigenvalue weighted by Gasteiger charge is -2.30. The average Bonchev–Trinajstić information content (AvgIpc) is 3.89. The van der Waals surface area contributed by atoms with E-state index in [0.717, 1.165) is 4.90 Å². The van der Waals surface area contributed by atoms with E-state index >= 15 is 0 Å². The second kappa shape index (κ2) is 32.3. The molecule has 1 heterocycles. The molecule has 22 N–H and O–H groups in total. The molecule has 2 aromatic carbocycles. The van der Waals surface area contributed by atoms with E-state index in [1.165, 1.54) is 24.3 Å². The molecular weight excluding hydrogens is 1050 g/mol. The summed E-state index contributed by atoms with van der Waals surface area (Å²) in [6, 6.07) is 0.769. The molecule has 3 rings (SSSR count). The summed E-state index contributed by atoms with van der Waals surface area (Å²) in [4.78, 5) is 175. The molecule has 1 aliphatic rings. The van der Waals surface area contributed by atoms with E-state index in [9.17, 15) is 77.6 Å². The SMILES string of the molecule is NC(=O)CC[C@H](NC(=O)[C@H](Cc1ccccc1)NC(=O)[C@H](Cc1ccc(O)cc1)NC(=O)[C@@H](N)CC(=O)O)C(=O)N[C@@H](CC(N)=O)C(=O)N[C@@H](CCC(=O)O)C(=O)N1CCC[C@H]1C(=O)N[C@@H](CCCN=C(N)N)C(=O)NCC(N)=O. The van der Waals surface area contributed by atoms with E-state index in [1.54, 1.807) is 30.3 Å². The number of rotatable bonds is 34. The number of aliphatic carboxylic acids is 2. The first-order chi connectivity index (χ1) is 37.7. The van der Waals surface area contributed by atoms with Crippen molar-refractivity contribution >= 4 is 82.9 Å². The lowest BCUT2D eigenvalue weighted by atomic mass is 10.0. The molecule has 0 aromatic heterocycles. The van der Waals surface area contributed by atoms with Crippen LogP contribution in [0, 0.1) is 0 Å². The molecule has 31 heteroatoms. The van der Waals surface area contributed by atoms with Crippen molar-refractivity contribution in [1.82, 2.24) is 42.1 Å². The van der Waals surface area contributed by atoms with Gasteiger partial charge in [0.25, 0.3) is 0 Å². The van der Waals surface area contributed by atoms with Crippen molar-refractivity contribution in [3.05, 3.63) is 65.7 Å². The van der Waals surface area contributed by atoms with Crippen molar-refractivity contribution in [2.45, 2.75) is 125 Å². The van der Waals surface area contributed by atoms with Gasteiger partial charge in [-0.3, -0.25) is 67.3 Å². The molecule has 0 spiro atoms. The van der Waals surface area contributed by atoms with Crippen molar-refractivity contribution in [3.63, 3.8) is 0 Å². The van der Waals surface area contributed by atoms with Crippen LogP contribution in [0.1, 0.15) is 75.3 Å². The summed E-state index contributed by atoms with van der Waals surface area (Å²) in [7, 11) is 0. The molecule has 0 bridgehead atoms. The number of hydrogen-bond acceptors (Lipinski definition) is 16. The predicted molar refractivity (Wildman–Crippen MR) is 280 cm³/mol. The Morgan fingerprint density at radius 3 is 1.65 bits per heavy atom. The molecular formula is C49H69N15O16. The van der Waals surface area contributed by atoms with Gasteiger partial charge in [-0.1, -0.05) is 42.5 Å². The fourth-order valence-electron chi connectivity index (χ4n) is 8.12. The highest BCUT2D eigenvalue weighted by molar-refractivity contribution is 6.00. The van der Waals surface area contributed by atoms with Gasteiger partial charge in [-0.25, -0.2) is 0 Å². The van der Waals surface area contributed by atoms with Gasteiger partial charge in [0.1, 0.15) is 48.0 Å². The zero-order valence-electron chi connectivity index (χ0n) is 43.4. The van der Waals surface area contributed by atoms with Crippen LogP contribution in [0.5, 0.6) is 5.75 Å². The first-order valence-corrected chi connectivity index (χ1v) is 25.1. The molecule has 1 saturated heterocycles. The van der Waals surface area contributed by atoms with E-state index in [2.05, 4.69) is 42.2 Å². The van der Waals surface area contributed by atoms with Gasteiger partial charge in [0.15, 0.2) is 5.96 Å². The molecule has 0 unspecified atom stereocenters. The third-order valence-electron chi connectivity index (χ3n) is 12.1. The number of guanidine groups is 1. The Kier molecular flexibility index (Phi) is 26.2. The number of benzene rings is 2. The maximum atomic E-state index is 14.3. The second-order valence-corrected chi connectivity index (χ2v) is 18.6. The summed E-state index contributed by atoms with van der Waals surface area (Å²) in [5.41, 5.74) is 33.4. The fourth-order valence-corrected chi connectivity index (χ4v) is 8.12. The van der Waals surface area contributed by atoms with Crippen molar-refractivity contribution in [2.75, 3.05) is 19.6 Å². The minimum atomic E-state index is -1.96. The summed E-state index contributed by atoms with van der Waals surface area (Å²) in [5, 5.41) is 45.4. The number of primary amides is 3. The van der Waals surface area contributed by atoms with Gasteiger partial charge in [0.05, 0.1) is 25.4 Å². The van der Waals surface area contributed by atoms with Crippen LogP contribution < -0.4 is 71.6 Å². The number of carboxylic acid groups (broad SMARTS) is 2. The number of carbonyl (C=O) groups is 13. The zero-order valence-corrected chi connectivity index (χ0v) is 43.4. The van der Waals surface area contributed by atoms with E-state index in [4.69, 9.17) is 34.4 Å². The Morgan fingerprint density at radius 1 is 0.562 bits per heavy atom. The average molecular weight is 1120 g/mol. The molecule has 11 amide bonds. The first kappa shape index (κ1) is 64.9. The Labute approximate surface area is 457 Å². The monoisotopic (exact) mass is 1120 g/mol. The van der Waals surface area contributed by atoms with Gasteiger partial charge >= 0.3 is 11.9 Å². The molecule has 2 aromatic rings. The maximum Gasteiger partial charge on any atom is 0.305 e. The number of phenolic OH excluding ortho intramolecular Hbond substituents is 1. The van der Waals surface area contributed by atoms with Gasteiger partial charge in [-0.2, -0.15) is 0 Å². The maximum absolute atomic E-state index is 14.3. The smallest absolute Gasteiger partial charge is 0.305 e. The van der Waals surface area contributed by atoms with E-state index in [1.807, 2.05) is 0 Å². The number of aromatic hydroxyl groups is 1. The highest BCUT2D eigenvalue weighted by Crippen LogP contribution is 2.21. The number of nitrogens with two attached hydrogens (primary N) is 6. The second-order valence-electron chi connectivity index (χ2n) is 18.6. The molecule has 436 valence electrons. The number of carbonyl (C=O) groups excluding carboxylic acids is 11. The van der Waals surface area contributed by atoms with Crippen LogP contribution in [-0.4, -0.2) is 171 Å². The van der Waals surface area contributed by atoms with Crippen LogP contribution in [-0.2, 0) is 75.2 Å². The molecule has 80 heavy (non-hydrogen) atoms. The molecule has 8 atom stereocenters. The number of nitrogens with zero attached hydrogens (tertiary/aromatic N) is 2. The van der Waals surface area contributed by atoms with E-state index in [-0.39, 0.29) is 63.3 Å². The van der Waals surface area contributed by atoms with Crippen molar-refractivity contribution in [1.29, 1.82) is 0 Å². The largest absolute Gasteiger partial charge is 0.508 e. The number of carboxylic acids is 2. The van der Waals surface area contributed by atoms with Crippen LogP contribution >= 0.6 is 0 Å². The molecule has 1 aliphatic heterocycles. The van der Waals surface area contributed by atoms with E-state index in [0.29, 0.717) is 11.1 Å².